The summed E-state index contributed by atoms with van der Waals surface area (Å²) in [7, 11) is 0. The molecule has 0 fully saturated rings. The first-order chi connectivity index (χ1) is 37.1. The molecule has 3 aromatic rings. The lowest BCUT2D eigenvalue weighted by atomic mass is 9.90. The van der Waals surface area contributed by atoms with Crippen LogP contribution in [0.25, 0.3) is 0 Å². The number of rotatable bonds is 30. The Morgan fingerprint density at radius 3 is 1.12 bits per heavy atom. The molecule has 0 aliphatic heterocycles. The van der Waals surface area contributed by atoms with Crippen LogP contribution < -0.4 is 0 Å². The first kappa shape index (κ1) is 77.1. The van der Waals surface area contributed by atoms with Crippen LogP contribution in [0.5, 0.6) is 0 Å². The van der Waals surface area contributed by atoms with E-state index < -0.39 is 115 Å². The summed E-state index contributed by atoms with van der Waals surface area (Å²) in [6.45, 7) is 1.64. The van der Waals surface area contributed by atoms with E-state index in [4.69, 9.17) is 17.0 Å². The highest BCUT2D eigenvalue weighted by Crippen LogP contribution is 2.63. The molecule has 0 radical (unpaired) electrons. The molecule has 45 heteroatoms. The summed E-state index contributed by atoms with van der Waals surface area (Å²) in [5.41, 5.74) is 0. The van der Waals surface area contributed by atoms with Crippen molar-refractivity contribution in [2.24, 2.45) is 5.92 Å². The molecule has 0 bridgehead atoms. The Balaban J connectivity index is 0.000000637. The molecule has 0 aliphatic rings. The van der Waals surface area contributed by atoms with Crippen LogP contribution >= 0.6 is 106 Å². The van der Waals surface area contributed by atoms with Crippen LogP contribution in [0, 0.1) is 17.8 Å². The van der Waals surface area contributed by atoms with Crippen molar-refractivity contribution in [1.82, 2.24) is 30.6 Å². The number of carbonyl (C=O) groups excluding carboxylic acids is 3. The predicted octanol–water partition coefficient (Wildman–Crippen LogP) is 16.1. The third-order valence-electron chi connectivity index (χ3n) is 9.31. The van der Waals surface area contributed by atoms with Gasteiger partial charge in [-0.25, -0.2) is 0 Å². The minimum Gasteiger partial charge on any atom is -0.466 e. The van der Waals surface area contributed by atoms with Crippen molar-refractivity contribution in [3.8, 4) is 0 Å². The molecule has 0 saturated carbocycles. The van der Waals surface area contributed by atoms with Gasteiger partial charge in [0.15, 0.2) is 24.9 Å². The molecule has 0 unspecified atom stereocenters. The molecule has 82 heavy (non-hydrogen) atoms. The topological polar surface area (TPSA) is 165 Å². The minimum atomic E-state index is -8.35. The highest BCUT2D eigenvalue weighted by Gasteiger charge is 2.93. The van der Waals surface area contributed by atoms with Gasteiger partial charge in [0.1, 0.15) is 0 Å². The molecule has 0 amide bonds. The van der Waals surface area contributed by atoms with Crippen molar-refractivity contribution < 1.29 is 134 Å². The quantitative estimate of drug-likeness (QED) is 0.0144. The molecule has 0 aliphatic carbocycles. The largest absolute Gasteiger partial charge is 0.466 e. The zero-order valence-electron chi connectivity index (χ0n) is 40.5. The van der Waals surface area contributed by atoms with Crippen molar-refractivity contribution >= 4 is 124 Å². The van der Waals surface area contributed by atoms with E-state index in [1.54, 1.807) is 0 Å². The van der Waals surface area contributed by atoms with Gasteiger partial charge in [0.05, 0.1) is 50.6 Å². The third-order valence-corrected chi connectivity index (χ3v) is 16.0. The number of unbranched alkanes of at least 4 members (excludes halogenated alkanes) is 3. The van der Waals surface area contributed by atoms with E-state index in [2.05, 4.69) is 78.3 Å². The summed E-state index contributed by atoms with van der Waals surface area (Å²) in [6, 6.07) is 0. The molecule has 0 saturated heterocycles. The number of aromatic amines is 3. The number of alkyl halides is 24. The number of thioether (sulfide) groups is 3. The summed E-state index contributed by atoms with van der Waals surface area (Å²) < 4.78 is 325. The van der Waals surface area contributed by atoms with E-state index in [0.717, 1.165) is 57.5 Å². The van der Waals surface area contributed by atoms with Gasteiger partial charge >= 0.3 is 83.6 Å². The maximum Gasteiger partial charge on any atom is 0.460 e. The molecular formula is C37H38F24N6O6S9. The van der Waals surface area contributed by atoms with Crippen LogP contribution in [0.2, 0.25) is 0 Å². The minimum absolute atomic E-state index is 0.0993. The van der Waals surface area contributed by atoms with Gasteiger partial charge in [-0.05, 0) is 49.0 Å². The van der Waals surface area contributed by atoms with Gasteiger partial charge in [0, 0.05) is 5.75 Å². The highest BCUT2D eigenvalue weighted by atomic mass is 32.2. The maximum atomic E-state index is 13.6. The van der Waals surface area contributed by atoms with E-state index in [1.807, 2.05) is 0 Å². The standard InChI is InChI=1S/C14H24N2O2S3.C13H7F15N2O2S3.C10H7F9N2O2S3/c1-11(2)7-5-3-4-6-9-18-12(17)8-10-20-14-16-15-13(19)21-14;14-7(15,1-2-32-4(31)3-34-6-30-29-5(33)35-6)8(16,17)9(18,19)10(20,21)11(22,23)12(24,25)13(26,27)28;11-7(12,8(13,14)9(15,16)10(17,18)19)1-2-23-4(22)3-25-6-21-20-5(24)26-6/h11H,3-10H2,1-2H3,(H,15,19);1-3H2,(H,29,33);1-3H2,(H,20,24). The Bertz CT molecular complexity index is 2660. The van der Waals surface area contributed by atoms with E-state index in [9.17, 15) is 120 Å². The molecule has 0 aromatic carbocycles. The van der Waals surface area contributed by atoms with Gasteiger partial charge in [-0.1, -0.05) is 109 Å². The van der Waals surface area contributed by atoms with Gasteiger partial charge < -0.3 is 14.2 Å². The van der Waals surface area contributed by atoms with Crippen molar-refractivity contribution in [2.75, 3.05) is 37.1 Å². The smallest absolute Gasteiger partial charge is 0.460 e. The molecule has 3 heterocycles. The zero-order chi connectivity index (χ0) is 63.8. The highest BCUT2D eigenvalue weighted by molar-refractivity contribution is 8.02. The molecular weight excluding hydrogens is 1370 g/mol. The molecule has 474 valence electrons. The zero-order valence-corrected chi connectivity index (χ0v) is 47.9. The van der Waals surface area contributed by atoms with Gasteiger partial charge in [-0.15, -0.1) is 0 Å². The fourth-order valence-corrected chi connectivity index (χ4v) is 10.8. The number of aromatic nitrogens is 6. The van der Waals surface area contributed by atoms with Crippen molar-refractivity contribution in [2.45, 2.75) is 144 Å². The lowest BCUT2D eigenvalue weighted by Crippen LogP contribution is -2.72. The Morgan fingerprint density at radius 1 is 0.451 bits per heavy atom. The lowest BCUT2D eigenvalue weighted by Gasteiger charge is -2.41. The number of nitrogens with one attached hydrogen (secondary N) is 3. The normalized spacial score (nSPS) is 13.5. The first-order valence-corrected chi connectivity index (χ1v) is 28.2. The first-order valence-electron chi connectivity index (χ1n) is 21.6. The van der Waals surface area contributed by atoms with E-state index in [0.29, 0.717) is 34.5 Å². The summed E-state index contributed by atoms with van der Waals surface area (Å²) in [5, 5.41) is 18.5. The number of halogens is 24. The number of hydrogen-bond donors (Lipinski definition) is 3. The van der Waals surface area contributed by atoms with Crippen LogP contribution in [0.15, 0.2) is 13.0 Å². The van der Waals surface area contributed by atoms with Gasteiger partial charge in [-0.2, -0.15) is 121 Å². The van der Waals surface area contributed by atoms with Gasteiger partial charge in [0.2, 0.25) is 0 Å². The van der Waals surface area contributed by atoms with Crippen LogP contribution in [0.4, 0.5) is 105 Å². The number of ether oxygens (including phenoxy) is 3. The van der Waals surface area contributed by atoms with E-state index >= 15 is 0 Å². The molecule has 3 aromatic heterocycles. The molecule has 0 atom stereocenters. The fourth-order valence-electron chi connectivity index (χ4n) is 4.95. The summed E-state index contributed by atoms with van der Waals surface area (Å²) in [5.74, 6) is -69.0. The number of esters is 3. The molecule has 3 rings (SSSR count). The average Bonchev–Trinajstić information content (AvgIpc) is 4.13. The second kappa shape index (κ2) is 31.2. The molecule has 3 N–H and O–H groups in total. The van der Waals surface area contributed by atoms with Crippen LogP contribution in [-0.4, -0.2) is 151 Å². The Hall–Kier alpha value is -2.88. The Labute approximate surface area is 484 Å². The average molecular weight is 1410 g/mol. The number of hydrogen-bond acceptors (Lipinski definition) is 18. The third kappa shape index (κ3) is 21.2. The second-order valence-corrected chi connectivity index (χ2v) is 24.8. The Morgan fingerprint density at radius 2 is 0.768 bits per heavy atom. The molecule has 12 nitrogen and oxygen atoms in total. The lowest BCUT2D eigenvalue weighted by molar-refractivity contribution is -0.452. The van der Waals surface area contributed by atoms with Gasteiger partial charge in [0.25, 0.3) is 0 Å². The van der Waals surface area contributed by atoms with Crippen LogP contribution in [-0.2, 0) is 28.6 Å². The predicted molar refractivity (Wildman–Crippen MR) is 255 cm³/mol. The fraction of sp³-hybridized carbons (Fsp3) is 0.757. The number of carbonyl (C=O) groups is 3. The summed E-state index contributed by atoms with van der Waals surface area (Å²) in [6.07, 6.45) is -13.2. The number of H-pyrrole nitrogens is 3. The van der Waals surface area contributed by atoms with Crippen LogP contribution in [0.1, 0.15) is 65.2 Å². The Kier molecular flexibility index (Phi) is 29.3. The summed E-state index contributed by atoms with van der Waals surface area (Å²) in [4.78, 5) is 34.1. The van der Waals surface area contributed by atoms with Crippen LogP contribution in [0.3, 0.4) is 0 Å². The second-order valence-electron chi connectivity index (χ2n) is 16.0. The summed E-state index contributed by atoms with van der Waals surface area (Å²) >= 11 is 20.3. The van der Waals surface area contributed by atoms with Crippen molar-refractivity contribution in [3.05, 3.63) is 11.9 Å². The van der Waals surface area contributed by atoms with Gasteiger partial charge in [-0.3, -0.25) is 29.7 Å². The molecule has 0 spiro atoms. The SMILES string of the molecule is CC(C)CCCCCCOC(=O)CCSc1n[nH]c(=S)s1.O=C(CSc1n[nH]c(=S)s1)OCCC(F)(F)C(F)(F)C(F)(F)C(F)(F)C(F)(F)C(F)(F)C(F)(F)F.O=C(CSc1n[nH]c(=S)s1)OCCC(F)(F)C(F)(F)C(F)(F)C(F)(F)F. The maximum absolute atomic E-state index is 13.6. The monoisotopic (exact) mass is 1410 g/mol. The van der Waals surface area contributed by atoms with Crippen molar-refractivity contribution in [3.63, 3.8) is 0 Å². The van der Waals surface area contributed by atoms with Crippen molar-refractivity contribution in [1.29, 1.82) is 0 Å². The number of nitrogens with zero attached hydrogens (tertiary/aromatic N) is 3. The van der Waals surface area contributed by atoms with E-state index in [-0.39, 0.29) is 22.6 Å². The van der Waals surface area contributed by atoms with E-state index in [1.165, 1.54) is 42.4 Å².